The molecule has 0 aliphatic heterocycles. The second kappa shape index (κ2) is 10.4. The molecule has 7 heteroatoms. The van der Waals surface area contributed by atoms with Crippen molar-refractivity contribution in [2.24, 2.45) is 4.99 Å². The van der Waals surface area contributed by atoms with Gasteiger partial charge in [-0.1, -0.05) is 18.2 Å². The van der Waals surface area contributed by atoms with Crippen molar-refractivity contribution in [1.82, 2.24) is 15.5 Å². The zero-order valence-electron chi connectivity index (χ0n) is 16.2. The van der Waals surface area contributed by atoms with Crippen LogP contribution in [0.2, 0.25) is 0 Å². The van der Waals surface area contributed by atoms with Crippen molar-refractivity contribution in [2.75, 3.05) is 33.7 Å². The van der Waals surface area contributed by atoms with Gasteiger partial charge in [-0.05, 0) is 52.4 Å². The molecule has 0 aliphatic rings. The van der Waals surface area contributed by atoms with Crippen LogP contribution >= 0.6 is 35.3 Å². The molecule has 5 nitrogen and oxygen atoms in total. The van der Waals surface area contributed by atoms with E-state index in [2.05, 4.69) is 66.7 Å². The summed E-state index contributed by atoms with van der Waals surface area (Å²) >= 11 is 1.63. The van der Waals surface area contributed by atoms with Crippen LogP contribution in [0.1, 0.15) is 31.8 Å². The second-order valence-corrected chi connectivity index (χ2v) is 8.10. The summed E-state index contributed by atoms with van der Waals surface area (Å²) in [7, 11) is 4.11. The minimum atomic E-state index is -0.553. The largest absolute Gasteiger partial charge is 0.386 e. The minimum absolute atomic E-state index is 0. The van der Waals surface area contributed by atoms with Gasteiger partial charge in [-0.15, -0.1) is 35.3 Å². The van der Waals surface area contributed by atoms with Crippen LogP contribution < -0.4 is 10.6 Å². The second-order valence-electron chi connectivity index (χ2n) is 6.99. The molecule has 0 saturated heterocycles. The van der Waals surface area contributed by atoms with E-state index in [1.807, 2.05) is 19.1 Å². The Bertz CT molecular complexity index is 681. The number of aliphatic hydroxyl groups excluding tert-OH is 1. The minimum Gasteiger partial charge on any atom is -0.386 e. The first kappa shape index (κ1) is 23.1. The van der Waals surface area contributed by atoms with Crippen LogP contribution in [0.15, 0.2) is 35.3 Å². The Morgan fingerprint density at radius 3 is 2.58 bits per heavy atom. The first-order valence-electron chi connectivity index (χ1n) is 8.69. The number of nitrogens with zero attached hydrogens (tertiary/aromatic N) is 2. The lowest BCUT2D eigenvalue weighted by Crippen LogP contribution is -2.44. The Kier molecular flexibility index (Phi) is 9.29. The number of guanidine groups is 1. The van der Waals surface area contributed by atoms with E-state index < -0.39 is 6.10 Å². The average Bonchev–Trinajstić information content (AvgIpc) is 3.01. The molecule has 1 heterocycles. The maximum absolute atomic E-state index is 10.5. The molecule has 0 bridgehead atoms. The van der Waals surface area contributed by atoms with E-state index in [-0.39, 0.29) is 29.5 Å². The highest BCUT2D eigenvalue weighted by Gasteiger charge is 2.20. The number of rotatable bonds is 7. The van der Waals surface area contributed by atoms with Crippen LogP contribution in [-0.4, -0.2) is 55.2 Å². The van der Waals surface area contributed by atoms with Crippen molar-refractivity contribution in [2.45, 2.75) is 32.4 Å². The Morgan fingerprint density at radius 1 is 1.27 bits per heavy atom. The van der Waals surface area contributed by atoms with Crippen LogP contribution in [0.3, 0.4) is 0 Å². The number of halogens is 1. The van der Waals surface area contributed by atoms with Gasteiger partial charge >= 0.3 is 0 Å². The number of hydrogen-bond acceptors (Lipinski definition) is 4. The number of fused-ring (bicyclic) bond motifs is 1. The van der Waals surface area contributed by atoms with Crippen LogP contribution in [-0.2, 0) is 0 Å². The number of hydrogen-bond donors (Lipinski definition) is 3. The average molecular weight is 490 g/mol. The molecule has 0 saturated carbocycles. The molecule has 1 unspecified atom stereocenters. The molecular formula is C19H31IN4OS. The molecule has 1 aromatic heterocycles. The molecule has 0 radical (unpaired) electrons. The van der Waals surface area contributed by atoms with E-state index in [0.717, 1.165) is 17.4 Å². The number of aliphatic hydroxyl groups is 1. The fourth-order valence-corrected chi connectivity index (χ4v) is 3.27. The molecule has 1 atom stereocenters. The van der Waals surface area contributed by atoms with Gasteiger partial charge in [0.05, 0.1) is 6.54 Å². The van der Waals surface area contributed by atoms with Gasteiger partial charge in [-0.3, -0.25) is 4.99 Å². The molecule has 26 heavy (non-hydrogen) atoms. The van der Waals surface area contributed by atoms with Crippen molar-refractivity contribution in [3.63, 3.8) is 0 Å². The summed E-state index contributed by atoms with van der Waals surface area (Å²) < 4.78 is 1.20. The molecule has 2 aromatic rings. The Hall–Kier alpha value is -0.900. The normalized spacial score (nSPS) is 13.6. The van der Waals surface area contributed by atoms with Gasteiger partial charge in [0.15, 0.2) is 5.96 Å². The van der Waals surface area contributed by atoms with Crippen molar-refractivity contribution in [1.29, 1.82) is 0 Å². The van der Waals surface area contributed by atoms with Crippen molar-refractivity contribution >= 4 is 51.4 Å². The summed E-state index contributed by atoms with van der Waals surface area (Å²) in [5.41, 5.74) is -0.0214. The highest BCUT2D eigenvalue weighted by Crippen LogP contribution is 2.29. The predicted octanol–water partition coefficient (Wildman–Crippen LogP) is 3.45. The van der Waals surface area contributed by atoms with Crippen molar-refractivity contribution in [3.05, 3.63) is 35.2 Å². The van der Waals surface area contributed by atoms with Gasteiger partial charge in [0.1, 0.15) is 6.10 Å². The molecule has 0 spiro atoms. The maximum atomic E-state index is 10.5. The third-order valence-electron chi connectivity index (χ3n) is 4.41. The third-order valence-corrected chi connectivity index (χ3v) is 5.63. The smallest absolute Gasteiger partial charge is 0.191 e. The van der Waals surface area contributed by atoms with Crippen LogP contribution in [0, 0.1) is 0 Å². The standard InChI is InChI=1S/C19H30N4OS.HI/c1-6-20-18(22-13-19(2,3)23(4)5)21-12-15(24)17-11-14-9-7-8-10-16(14)25-17;/h7-11,15,24H,6,12-13H2,1-5H3,(H2,20,21,22);1H. The number of likely N-dealkylation sites (N-methyl/N-ethyl adjacent to an activating group) is 1. The quantitative estimate of drug-likeness (QED) is 0.316. The van der Waals surface area contributed by atoms with E-state index >= 15 is 0 Å². The van der Waals surface area contributed by atoms with E-state index in [1.165, 1.54) is 10.1 Å². The summed E-state index contributed by atoms with van der Waals surface area (Å²) in [6.07, 6.45) is -0.553. The fraction of sp³-hybridized carbons (Fsp3) is 0.526. The molecular weight excluding hydrogens is 459 g/mol. The highest BCUT2D eigenvalue weighted by molar-refractivity contribution is 14.0. The van der Waals surface area contributed by atoms with Crippen LogP contribution in [0.5, 0.6) is 0 Å². The lowest BCUT2D eigenvalue weighted by molar-refractivity contribution is 0.184. The van der Waals surface area contributed by atoms with Crippen molar-refractivity contribution in [3.8, 4) is 0 Å². The molecule has 0 aliphatic carbocycles. The monoisotopic (exact) mass is 490 g/mol. The summed E-state index contributed by atoms with van der Waals surface area (Å²) in [5.74, 6) is 0.734. The molecule has 1 aromatic carbocycles. The predicted molar refractivity (Wildman–Crippen MR) is 124 cm³/mol. The van der Waals surface area contributed by atoms with E-state index in [4.69, 9.17) is 0 Å². The first-order valence-corrected chi connectivity index (χ1v) is 9.51. The van der Waals surface area contributed by atoms with Gasteiger partial charge in [0.25, 0.3) is 0 Å². The molecule has 0 amide bonds. The maximum Gasteiger partial charge on any atom is 0.191 e. The van der Waals surface area contributed by atoms with Crippen LogP contribution in [0.25, 0.3) is 10.1 Å². The topological polar surface area (TPSA) is 59.9 Å². The lowest BCUT2D eigenvalue weighted by Gasteiger charge is -2.31. The van der Waals surface area contributed by atoms with Crippen LogP contribution in [0.4, 0.5) is 0 Å². The lowest BCUT2D eigenvalue weighted by atomic mass is 10.1. The van der Waals surface area contributed by atoms with E-state index in [1.54, 1.807) is 11.3 Å². The van der Waals surface area contributed by atoms with Crippen molar-refractivity contribution < 1.29 is 5.11 Å². The highest BCUT2D eigenvalue weighted by atomic mass is 127. The number of aliphatic imine (C=N–C) groups is 1. The molecule has 2 rings (SSSR count). The Morgan fingerprint density at radius 2 is 1.96 bits per heavy atom. The van der Waals surface area contributed by atoms with E-state index in [0.29, 0.717) is 13.1 Å². The van der Waals surface area contributed by atoms with Gasteiger partial charge < -0.3 is 20.6 Å². The van der Waals surface area contributed by atoms with Gasteiger partial charge in [-0.2, -0.15) is 0 Å². The number of thiophene rings is 1. The third kappa shape index (κ3) is 6.37. The number of nitrogens with one attached hydrogen (secondary N) is 2. The summed E-state index contributed by atoms with van der Waals surface area (Å²) in [6.45, 7) is 8.25. The van der Waals surface area contributed by atoms with Gasteiger partial charge in [0.2, 0.25) is 0 Å². The SMILES string of the molecule is CCNC(=NCC(C)(C)N(C)C)NCC(O)c1cc2ccccc2s1.I. The fourth-order valence-electron chi connectivity index (χ4n) is 2.22. The molecule has 0 fully saturated rings. The summed E-state index contributed by atoms with van der Waals surface area (Å²) in [4.78, 5) is 7.79. The Labute approximate surface area is 177 Å². The zero-order valence-corrected chi connectivity index (χ0v) is 19.4. The van der Waals surface area contributed by atoms with E-state index in [9.17, 15) is 5.11 Å². The molecule has 146 valence electrons. The van der Waals surface area contributed by atoms with Gasteiger partial charge in [0, 0.05) is 28.2 Å². The van der Waals surface area contributed by atoms with Gasteiger partial charge in [-0.25, -0.2) is 0 Å². The zero-order chi connectivity index (χ0) is 18.4. The summed E-state index contributed by atoms with van der Waals surface area (Å²) in [6, 6.07) is 10.3. The molecule has 3 N–H and O–H groups in total. The first-order chi connectivity index (χ1) is 11.8. The Balaban J connectivity index is 0.00000338. The number of benzene rings is 1. The summed E-state index contributed by atoms with van der Waals surface area (Å²) in [5, 5.41) is 18.2.